The number of hydrogen-bond acceptors (Lipinski definition) is 0. The molecule has 2 rings (SSSR count). The lowest BCUT2D eigenvalue weighted by atomic mass is 9.83. The van der Waals surface area contributed by atoms with E-state index in [1.54, 1.807) is 0 Å². The summed E-state index contributed by atoms with van der Waals surface area (Å²) in [6, 6.07) is 2.00. The van der Waals surface area contributed by atoms with E-state index in [0.29, 0.717) is 0 Å². The highest BCUT2D eigenvalue weighted by atomic mass is 127. The van der Waals surface area contributed by atoms with E-state index in [1.807, 2.05) is 0 Å². The topological polar surface area (TPSA) is 0 Å². The van der Waals surface area contributed by atoms with E-state index in [2.05, 4.69) is 14.1 Å². The summed E-state index contributed by atoms with van der Waals surface area (Å²) < 4.78 is 1.33. The molecule has 72 valence electrons. The molecule has 2 bridgehead atoms. The monoisotopic (exact) mass is 281 g/mol. The fourth-order valence-corrected chi connectivity index (χ4v) is 3.10. The van der Waals surface area contributed by atoms with Gasteiger partial charge in [0.05, 0.1) is 26.2 Å². The molecule has 2 heterocycles. The smallest absolute Gasteiger partial charge is 0.0888 e. The fraction of sp³-hybridized carbons (Fsp3) is 1.00. The molecular weight excluding hydrogens is 261 g/mol. The molecule has 12 heavy (non-hydrogen) atoms. The van der Waals surface area contributed by atoms with Gasteiger partial charge in [-0.05, 0) is 38.5 Å². The van der Waals surface area contributed by atoms with Gasteiger partial charge in [0.15, 0.2) is 0 Å². The number of nitrogens with zero attached hydrogens (tertiary/aromatic N) is 1. The first-order valence-electron chi connectivity index (χ1n) is 5.04. The molecule has 0 aliphatic carbocycles. The van der Waals surface area contributed by atoms with Crippen LogP contribution in [0.25, 0.3) is 0 Å². The number of quaternary nitrogens is 1. The van der Waals surface area contributed by atoms with Gasteiger partial charge in [0, 0.05) is 0 Å². The highest BCUT2D eigenvalue weighted by molar-refractivity contribution is 4.77. The van der Waals surface area contributed by atoms with Crippen molar-refractivity contribution in [2.75, 3.05) is 14.1 Å². The van der Waals surface area contributed by atoms with E-state index in [1.165, 1.54) is 43.0 Å². The quantitative estimate of drug-likeness (QED) is 0.402. The van der Waals surface area contributed by atoms with E-state index in [-0.39, 0.29) is 24.0 Å². The van der Waals surface area contributed by atoms with Crippen LogP contribution in [0.5, 0.6) is 0 Å². The molecule has 2 fully saturated rings. The predicted molar refractivity (Wildman–Crippen MR) is 47.4 cm³/mol. The Kier molecular flexibility index (Phi) is 3.43. The third-order valence-corrected chi connectivity index (χ3v) is 4.03. The van der Waals surface area contributed by atoms with Crippen LogP contribution in [0.1, 0.15) is 38.5 Å². The molecule has 0 aromatic carbocycles. The molecule has 0 unspecified atom stereocenters. The van der Waals surface area contributed by atoms with Crippen molar-refractivity contribution in [1.29, 1.82) is 0 Å². The molecule has 0 spiro atoms. The molecular formula is C10H20IN. The summed E-state index contributed by atoms with van der Waals surface area (Å²) in [5, 5.41) is 0. The van der Waals surface area contributed by atoms with Gasteiger partial charge < -0.3 is 28.5 Å². The van der Waals surface area contributed by atoms with Crippen LogP contribution in [0, 0.1) is 0 Å². The Bertz CT molecular complexity index is 132. The number of fused-ring (bicyclic) bond motifs is 2. The van der Waals surface area contributed by atoms with Gasteiger partial charge in [-0.25, -0.2) is 0 Å². The van der Waals surface area contributed by atoms with Gasteiger partial charge in [0.1, 0.15) is 0 Å². The third-order valence-electron chi connectivity index (χ3n) is 4.03. The molecule has 0 radical (unpaired) electrons. The lowest BCUT2D eigenvalue weighted by molar-refractivity contribution is -0.949. The lowest BCUT2D eigenvalue weighted by Gasteiger charge is -2.51. The molecule has 0 saturated carbocycles. The highest BCUT2D eigenvalue weighted by Crippen LogP contribution is 2.37. The second-order valence-corrected chi connectivity index (χ2v) is 4.80. The second kappa shape index (κ2) is 3.82. The first-order valence-corrected chi connectivity index (χ1v) is 5.04. The van der Waals surface area contributed by atoms with Crippen LogP contribution in [0.2, 0.25) is 0 Å². The maximum absolute atomic E-state index is 2.44. The first kappa shape index (κ1) is 10.8. The summed E-state index contributed by atoms with van der Waals surface area (Å²) in [6.45, 7) is 0. The van der Waals surface area contributed by atoms with Crippen LogP contribution < -0.4 is 24.0 Å². The number of halogens is 1. The standard InChI is InChI=1S/C10H20N.HI/c1-11(2)9-5-3-6-10(11)8-4-7-9;/h9-10H,3-8H2,1-2H3;1H/q+1;/p-1. The van der Waals surface area contributed by atoms with Crippen molar-refractivity contribution in [3.8, 4) is 0 Å². The van der Waals surface area contributed by atoms with Crippen molar-refractivity contribution >= 4 is 0 Å². The summed E-state index contributed by atoms with van der Waals surface area (Å²) in [7, 11) is 4.88. The van der Waals surface area contributed by atoms with Gasteiger partial charge in [-0.2, -0.15) is 0 Å². The average molecular weight is 281 g/mol. The van der Waals surface area contributed by atoms with Crippen molar-refractivity contribution in [3.63, 3.8) is 0 Å². The summed E-state index contributed by atoms with van der Waals surface area (Å²) in [6.07, 6.45) is 8.95. The Morgan fingerprint density at radius 2 is 1.17 bits per heavy atom. The average Bonchev–Trinajstić information content (AvgIpc) is 1.82. The second-order valence-electron chi connectivity index (χ2n) is 4.80. The number of piperidine rings is 2. The normalized spacial score (nSPS) is 38.5. The molecule has 0 aromatic rings. The Hall–Kier alpha value is 0.690. The minimum atomic E-state index is 0. The van der Waals surface area contributed by atoms with E-state index < -0.39 is 0 Å². The summed E-state index contributed by atoms with van der Waals surface area (Å²) in [5.41, 5.74) is 0. The van der Waals surface area contributed by atoms with E-state index in [0.717, 1.165) is 12.1 Å². The Balaban J connectivity index is 0.000000720. The van der Waals surface area contributed by atoms with E-state index in [9.17, 15) is 0 Å². The van der Waals surface area contributed by atoms with Crippen LogP contribution in [-0.2, 0) is 0 Å². The minimum absolute atomic E-state index is 0. The van der Waals surface area contributed by atoms with Crippen LogP contribution in [0.3, 0.4) is 0 Å². The summed E-state index contributed by atoms with van der Waals surface area (Å²) in [4.78, 5) is 0. The van der Waals surface area contributed by atoms with Crippen LogP contribution in [0.4, 0.5) is 0 Å². The van der Waals surface area contributed by atoms with Gasteiger partial charge in [-0.3, -0.25) is 0 Å². The van der Waals surface area contributed by atoms with E-state index in [4.69, 9.17) is 0 Å². The molecule has 2 saturated heterocycles. The highest BCUT2D eigenvalue weighted by Gasteiger charge is 2.42. The Morgan fingerprint density at radius 1 is 0.833 bits per heavy atom. The Morgan fingerprint density at radius 3 is 1.42 bits per heavy atom. The van der Waals surface area contributed by atoms with E-state index >= 15 is 0 Å². The van der Waals surface area contributed by atoms with Crippen molar-refractivity contribution in [2.45, 2.75) is 50.6 Å². The summed E-state index contributed by atoms with van der Waals surface area (Å²) in [5.74, 6) is 0. The Labute approximate surface area is 93.1 Å². The van der Waals surface area contributed by atoms with Gasteiger partial charge in [0.2, 0.25) is 0 Å². The zero-order valence-electron chi connectivity index (χ0n) is 8.22. The number of rotatable bonds is 0. The van der Waals surface area contributed by atoms with Crippen molar-refractivity contribution in [1.82, 2.24) is 0 Å². The third kappa shape index (κ3) is 1.65. The first-order chi connectivity index (χ1) is 5.21. The van der Waals surface area contributed by atoms with Crippen molar-refractivity contribution in [2.24, 2.45) is 0 Å². The molecule has 0 aromatic heterocycles. The zero-order chi connectivity index (χ0) is 7.90. The summed E-state index contributed by atoms with van der Waals surface area (Å²) >= 11 is 0. The molecule has 1 nitrogen and oxygen atoms in total. The predicted octanol–water partition coefficient (Wildman–Crippen LogP) is -0.828. The lowest BCUT2D eigenvalue weighted by Crippen LogP contribution is -3.00. The molecule has 0 amide bonds. The molecule has 0 atom stereocenters. The van der Waals surface area contributed by atoms with Gasteiger partial charge >= 0.3 is 0 Å². The maximum atomic E-state index is 2.44. The largest absolute Gasteiger partial charge is 1.00 e. The minimum Gasteiger partial charge on any atom is -1.00 e. The zero-order valence-corrected chi connectivity index (χ0v) is 10.4. The van der Waals surface area contributed by atoms with Gasteiger partial charge in [-0.1, -0.05) is 0 Å². The SMILES string of the molecule is C[N+]1(C)C2CCCC1CCC2.[I-]. The van der Waals surface area contributed by atoms with Crippen molar-refractivity contribution in [3.05, 3.63) is 0 Å². The molecule has 2 aliphatic rings. The molecule has 0 N–H and O–H groups in total. The maximum Gasteiger partial charge on any atom is 0.0888 e. The molecule has 2 heteroatoms. The van der Waals surface area contributed by atoms with Gasteiger partial charge in [0.25, 0.3) is 0 Å². The van der Waals surface area contributed by atoms with Crippen molar-refractivity contribution < 1.29 is 28.5 Å². The fourth-order valence-electron chi connectivity index (χ4n) is 3.10. The number of hydrogen-bond donors (Lipinski definition) is 0. The van der Waals surface area contributed by atoms with Crippen LogP contribution in [-0.4, -0.2) is 30.7 Å². The van der Waals surface area contributed by atoms with Crippen LogP contribution >= 0.6 is 0 Å². The van der Waals surface area contributed by atoms with Gasteiger partial charge in [-0.15, -0.1) is 0 Å². The van der Waals surface area contributed by atoms with Crippen LogP contribution in [0.15, 0.2) is 0 Å². The molecule has 2 aliphatic heterocycles.